The molecule has 2 nitrogen and oxygen atoms in total. The lowest BCUT2D eigenvalue weighted by molar-refractivity contribution is -0.115. The minimum Gasteiger partial charge on any atom is -0.369 e. The molecule has 0 heterocycles. The number of primary amides is 1. The summed E-state index contributed by atoms with van der Waals surface area (Å²) in [7, 11) is 0. The zero-order valence-electron chi connectivity index (χ0n) is 7.30. The van der Waals surface area contributed by atoms with Crippen molar-refractivity contribution in [1.82, 2.24) is 0 Å². The van der Waals surface area contributed by atoms with Gasteiger partial charge in [0.1, 0.15) is 5.82 Å². The third kappa shape index (κ3) is 3.20. The molecule has 1 aromatic rings. The van der Waals surface area contributed by atoms with Gasteiger partial charge in [-0.2, -0.15) is 0 Å². The fraction of sp³-hybridized carbons (Fsp3) is 0.222. The van der Waals surface area contributed by atoms with Gasteiger partial charge in [-0.15, -0.1) is 11.8 Å². The fourth-order valence-electron chi connectivity index (χ4n) is 0.924. The van der Waals surface area contributed by atoms with E-state index in [-0.39, 0.29) is 11.6 Å². The number of rotatable bonds is 4. The Balaban J connectivity index is 2.62. The summed E-state index contributed by atoms with van der Waals surface area (Å²) in [5.74, 6) is -0.240. The lowest BCUT2D eigenvalue weighted by Gasteiger charge is -2.03. The van der Waals surface area contributed by atoms with Crippen molar-refractivity contribution in [3.63, 3.8) is 0 Å². The van der Waals surface area contributed by atoms with Crippen LogP contribution in [-0.2, 0) is 10.5 Å². The standard InChI is InChI=1S/C9H9ClFNOS/c10-7-2-1-3-8(11)6(7)4-14-5-9(12)13/h1-3H,4-5H2,(H2,12,13). The van der Waals surface area contributed by atoms with Crippen molar-refractivity contribution in [2.75, 3.05) is 5.75 Å². The summed E-state index contributed by atoms with van der Waals surface area (Å²) in [5, 5.41) is 0.377. The lowest BCUT2D eigenvalue weighted by Crippen LogP contribution is -2.13. The summed E-state index contributed by atoms with van der Waals surface area (Å²) >= 11 is 7.02. The fourth-order valence-corrected chi connectivity index (χ4v) is 2.03. The summed E-state index contributed by atoms with van der Waals surface area (Å²) in [6.45, 7) is 0. The van der Waals surface area contributed by atoms with Crippen molar-refractivity contribution in [2.45, 2.75) is 5.75 Å². The second-order valence-corrected chi connectivity index (χ2v) is 4.05. The predicted octanol–water partition coefficient (Wildman–Crippen LogP) is 2.20. The SMILES string of the molecule is NC(=O)CSCc1c(F)cccc1Cl. The third-order valence-electron chi connectivity index (χ3n) is 1.55. The van der Waals surface area contributed by atoms with Gasteiger partial charge in [-0.25, -0.2) is 4.39 Å². The average Bonchev–Trinajstić information content (AvgIpc) is 2.09. The number of amides is 1. The molecule has 1 amide bonds. The zero-order valence-corrected chi connectivity index (χ0v) is 8.87. The first-order chi connectivity index (χ1) is 6.61. The molecule has 1 rings (SSSR count). The Bertz CT molecular complexity index is 325. The Morgan fingerprint density at radius 2 is 2.29 bits per heavy atom. The molecule has 2 N–H and O–H groups in total. The monoisotopic (exact) mass is 233 g/mol. The highest BCUT2D eigenvalue weighted by Gasteiger charge is 2.06. The van der Waals surface area contributed by atoms with Gasteiger partial charge in [0.2, 0.25) is 5.91 Å². The van der Waals surface area contributed by atoms with Gasteiger partial charge in [0.25, 0.3) is 0 Å². The van der Waals surface area contributed by atoms with Crippen LogP contribution in [0.2, 0.25) is 5.02 Å². The van der Waals surface area contributed by atoms with Crippen LogP contribution in [0, 0.1) is 5.82 Å². The molecule has 0 aliphatic carbocycles. The van der Waals surface area contributed by atoms with E-state index < -0.39 is 5.91 Å². The number of carbonyl (C=O) groups is 1. The first-order valence-corrected chi connectivity index (χ1v) is 5.43. The molecule has 0 bridgehead atoms. The molecule has 0 spiro atoms. The number of carbonyl (C=O) groups excluding carboxylic acids is 1. The normalized spacial score (nSPS) is 10.1. The topological polar surface area (TPSA) is 43.1 Å². The number of halogens is 2. The zero-order chi connectivity index (χ0) is 10.6. The van der Waals surface area contributed by atoms with Gasteiger partial charge in [-0.05, 0) is 12.1 Å². The third-order valence-corrected chi connectivity index (χ3v) is 2.89. The van der Waals surface area contributed by atoms with Crippen LogP contribution in [0.5, 0.6) is 0 Å². The number of hydrogen-bond acceptors (Lipinski definition) is 2. The molecule has 0 aliphatic rings. The summed E-state index contributed by atoms with van der Waals surface area (Å²) in [6, 6.07) is 4.50. The van der Waals surface area contributed by atoms with Crippen LogP contribution in [0.3, 0.4) is 0 Å². The Morgan fingerprint density at radius 1 is 1.57 bits per heavy atom. The van der Waals surface area contributed by atoms with Crippen LogP contribution < -0.4 is 5.73 Å². The van der Waals surface area contributed by atoms with E-state index >= 15 is 0 Å². The molecule has 1 aromatic carbocycles. The van der Waals surface area contributed by atoms with E-state index in [0.717, 1.165) is 0 Å². The second-order valence-electron chi connectivity index (χ2n) is 2.66. The van der Waals surface area contributed by atoms with Crippen LogP contribution in [0.25, 0.3) is 0 Å². The Labute approximate surface area is 90.6 Å². The van der Waals surface area contributed by atoms with Gasteiger partial charge in [0, 0.05) is 16.3 Å². The molecule has 0 aliphatic heterocycles. The molecule has 0 radical (unpaired) electrons. The highest BCUT2D eigenvalue weighted by Crippen LogP contribution is 2.23. The van der Waals surface area contributed by atoms with Crippen molar-refractivity contribution < 1.29 is 9.18 Å². The van der Waals surface area contributed by atoms with E-state index in [4.69, 9.17) is 17.3 Å². The van der Waals surface area contributed by atoms with Crippen molar-refractivity contribution in [2.24, 2.45) is 5.73 Å². The number of thioether (sulfide) groups is 1. The van der Waals surface area contributed by atoms with Crippen molar-refractivity contribution >= 4 is 29.3 Å². The summed E-state index contributed by atoms with van der Waals surface area (Å²) in [4.78, 5) is 10.4. The highest BCUT2D eigenvalue weighted by atomic mass is 35.5. The van der Waals surface area contributed by atoms with Crippen molar-refractivity contribution in [3.8, 4) is 0 Å². The van der Waals surface area contributed by atoms with E-state index in [0.29, 0.717) is 16.3 Å². The predicted molar refractivity (Wildman–Crippen MR) is 56.8 cm³/mol. The number of benzene rings is 1. The average molecular weight is 234 g/mol. The molecular weight excluding hydrogens is 225 g/mol. The molecular formula is C9H9ClFNOS. The molecule has 0 aromatic heterocycles. The second kappa shape index (κ2) is 5.22. The van der Waals surface area contributed by atoms with Crippen LogP contribution in [0.4, 0.5) is 4.39 Å². The highest BCUT2D eigenvalue weighted by molar-refractivity contribution is 7.99. The summed E-state index contributed by atoms with van der Waals surface area (Å²) in [6.07, 6.45) is 0. The van der Waals surface area contributed by atoms with Gasteiger partial charge >= 0.3 is 0 Å². The first-order valence-electron chi connectivity index (χ1n) is 3.90. The minimum atomic E-state index is -0.414. The molecule has 0 fully saturated rings. The Hall–Kier alpha value is -0.740. The van der Waals surface area contributed by atoms with E-state index in [1.54, 1.807) is 12.1 Å². The Kier molecular flexibility index (Phi) is 4.22. The van der Waals surface area contributed by atoms with Gasteiger partial charge in [-0.3, -0.25) is 4.79 Å². The van der Waals surface area contributed by atoms with Crippen LogP contribution in [0.15, 0.2) is 18.2 Å². The van der Waals surface area contributed by atoms with Crippen molar-refractivity contribution in [3.05, 3.63) is 34.6 Å². The number of nitrogens with two attached hydrogens (primary N) is 1. The molecule has 0 atom stereocenters. The quantitative estimate of drug-likeness (QED) is 0.867. The summed E-state index contributed by atoms with van der Waals surface area (Å²) < 4.78 is 13.2. The smallest absolute Gasteiger partial charge is 0.227 e. The maximum Gasteiger partial charge on any atom is 0.227 e. The molecule has 0 unspecified atom stereocenters. The van der Waals surface area contributed by atoms with E-state index in [2.05, 4.69) is 0 Å². The molecule has 14 heavy (non-hydrogen) atoms. The van der Waals surface area contributed by atoms with Crippen LogP contribution in [-0.4, -0.2) is 11.7 Å². The first kappa shape index (κ1) is 11.3. The maximum atomic E-state index is 13.2. The van der Waals surface area contributed by atoms with Crippen molar-refractivity contribution in [1.29, 1.82) is 0 Å². The van der Waals surface area contributed by atoms with E-state index in [9.17, 15) is 9.18 Å². The lowest BCUT2D eigenvalue weighted by atomic mass is 10.2. The van der Waals surface area contributed by atoms with E-state index in [1.165, 1.54) is 17.8 Å². The van der Waals surface area contributed by atoms with Gasteiger partial charge in [0.05, 0.1) is 5.75 Å². The van der Waals surface area contributed by atoms with Crippen LogP contribution in [0.1, 0.15) is 5.56 Å². The largest absolute Gasteiger partial charge is 0.369 e. The van der Waals surface area contributed by atoms with Gasteiger partial charge in [0.15, 0.2) is 0 Å². The summed E-state index contributed by atoms with van der Waals surface area (Å²) in [5.41, 5.74) is 5.36. The number of hydrogen-bond donors (Lipinski definition) is 1. The maximum absolute atomic E-state index is 13.2. The molecule has 5 heteroatoms. The van der Waals surface area contributed by atoms with E-state index in [1.807, 2.05) is 0 Å². The van der Waals surface area contributed by atoms with Crippen LogP contribution >= 0.6 is 23.4 Å². The van der Waals surface area contributed by atoms with Gasteiger partial charge in [-0.1, -0.05) is 17.7 Å². The molecule has 76 valence electrons. The molecule has 0 saturated carbocycles. The van der Waals surface area contributed by atoms with Gasteiger partial charge < -0.3 is 5.73 Å². The molecule has 0 saturated heterocycles. The Morgan fingerprint density at radius 3 is 2.86 bits per heavy atom. The minimum absolute atomic E-state index is 0.171.